The average Bonchev–Trinajstić information content (AvgIpc) is 2.48. The summed E-state index contributed by atoms with van der Waals surface area (Å²) in [5, 5.41) is 3.87. The number of hydrogen-bond donors (Lipinski definition) is 1. The van der Waals surface area contributed by atoms with Crippen molar-refractivity contribution >= 4 is 0 Å². The van der Waals surface area contributed by atoms with Crippen LogP contribution in [0.5, 0.6) is 0 Å². The molecule has 0 aromatic heterocycles. The van der Waals surface area contributed by atoms with Crippen molar-refractivity contribution in [1.82, 2.24) is 15.1 Å². The highest BCUT2D eigenvalue weighted by atomic mass is 15.2. The van der Waals surface area contributed by atoms with Crippen molar-refractivity contribution in [3.8, 4) is 0 Å². The molecule has 2 saturated heterocycles. The number of nitrogens with one attached hydrogen (secondary N) is 1. The van der Waals surface area contributed by atoms with Crippen LogP contribution in [0.1, 0.15) is 52.9 Å². The summed E-state index contributed by atoms with van der Waals surface area (Å²) < 4.78 is 0. The molecule has 3 atom stereocenters. The summed E-state index contributed by atoms with van der Waals surface area (Å²) in [4.78, 5) is 5.26. The zero-order valence-corrected chi connectivity index (χ0v) is 13.9. The third-order valence-electron chi connectivity index (χ3n) is 5.22. The minimum atomic E-state index is 0.625. The maximum atomic E-state index is 3.87. The van der Waals surface area contributed by atoms with E-state index in [2.05, 4.69) is 35.9 Å². The Balaban J connectivity index is 1.70. The van der Waals surface area contributed by atoms with E-state index in [0.717, 1.165) is 5.92 Å². The maximum absolute atomic E-state index is 3.87. The molecule has 2 aliphatic heterocycles. The fraction of sp³-hybridized carbons (Fsp3) is 1.00. The molecule has 3 heteroatoms. The molecule has 0 aromatic rings. The van der Waals surface area contributed by atoms with Gasteiger partial charge >= 0.3 is 0 Å². The SMILES string of the molecule is CCN1CCCC(C(C)NC(C)CN2CCCCC2)C1. The lowest BCUT2D eigenvalue weighted by Crippen LogP contribution is -2.50. The number of piperidine rings is 2. The van der Waals surface area contributed by atoms with Gasteiger partial charge < -0.3 is 15.1 Å². The molecule has 0 radical (unpaired) electrons. The second-order valence-electron chi connectivity index (χ2n) is 7.01. The van der Waals surface area contributed by atoms with Crippen molar-refractivity contribution in [3.63, 3.8) is 0 Å². The molecule has 2 rings (SSSR count). The molecule has 20 heavy (non-hydrogen) atoms. The average molecular weight is 281 g/mol. The minimum absolute atomic E-state index is 0.625. The van der Waals surface area contributed by atoms with E-state index in [-0.39, 0.29) is 0 Å². The number of likely N-dealkylation sites (tertiary alicyclic amines) is 2. The van der Waals surface area contributed by atoms with E-state index in [4.69, 9.17) is 0 Å². The lowest BCUT2D eigenvalue weighted by molar-refractivity contribution is 0.145. The first-order valence-electron chi connectivity index (χ1n) is 8.89. The molecule has 0 saturated carbocycles. The highest BCUT2D eigenvalue weighted by Gasteiger charge is 2.25. The van der Waals surface area contributed by atoms with Gasteiger partial charge in [-0.05, 0) is 71.6 Å². The number of rotatable bonds is 6. The molecule has 2 fully saturated rings. The van der Waals surface area contributed by atoms with E-state index in [1.165, 1.54) is 71.4 Å². The highest BCUT2D eigenvalue weighted by molar-refractivity contribution is 4.82. The molecule has 0 bridgehead atoms. The maximum Gasteiger partial charge on any atom is 0.0169 e. The second kappa shape index (κ2) is 8.35. The largest absolute Gasteiger partial charge is 0.310 e. The molecule has 0 amide bonds. The van der Waals surface area contributed by atoms with Crippen LogP contribution in [0.25, 0.3) is 0 Å². The molecular weight excluding hydrogens is 246 g/mol. The lowest BCUT2D eigenvalue weighted by atomic mass is 9.91. The molecule has 3 nitrogen and oxygen atoms in total. The van der Waals surface area contributed by atoms with Crippen molar-refractivity contribution in [1.29, 1.82) is 0 Å². The zero-order valence-electron chi connectivity index (χ0n) is 13.9. The number of nitrogens with zero attached hydrogens (tertiary/aromatic N) is 2. The molecule has 2 heterocycles. The predicted molar refractivity (Wildman–Crippen MR) is 87.2 cm³/mol. The molecule has 2 aliphatic rings. The van der Waals surface area contributed by atoms with E-state index in [1.54, 1.807) is 0 Å². The van der Waals surface area contributed by atoms with Gasteiger partial charge in [-0.2, -0.15) is 0 Å². The van der Waals surface area contributed by atoms with Gasteiger partial charge in [0.05, 0.1) is 0 Å². The minimum Gasteiger partial charge on any atom is -0.310 e. The smallest absolute Gasteiger partial charge is 0.0169 e. The Labute approximate surface area is 126 Å². The normalized spacial score (nSPS) is 29.2. The van der Waals surface area contributed by atoms with Crippen LogP contribution in [-0.4, -0.2) is 61.2 Å². The molecule has 0 aliphatic carbocycles. The summed E-state index contributed by atoms with van der Waals surface area (Å²) in [5.41, 5.74) is 0. The summed E-state index contributed by atoms with van der Waals surface area (Å²) in [6, 6.07) is 1.28. The van der Waals surface area contributed by atoms with E-state index in [9.17, 15) is 0 Å². The molecule has 0 aromatic carbocycles. The second-order valence-corrected chi connectivity index (χ2v) is 7.01. The predicted octanol–water partition coefficient (Wildman–Crippen LogP) is 2.57. The Morgan fingerprint density at radius 2 is 1.70 bits per heavy atom. The van der Waals surface area contributed by atoms with E-state index in [1.807, 2.05) is 0 Å². The van der Waals surface area contributed by atoms with Gasteiger partial charge in [0.15, 0.2) is 0 Å². The summed E-state index contributed by atoms with van der Waals surface area (Å²) in [7, 11) is 0. The quantitative estimate of drug-likeness (QED) is 0.807. The first kappa shape index (κ1) is 16.3. The van der Waals surface area contributed by atoms with E-state index >= 15 is 0 Å². The van der Waals surface area contributed by atoms with Crippen LogP contribution in [0.2, 0.25) is 0 Å². The first-order valence-corrected chi connectivity index (χ1v) is 8.89. The van der Waals surface area contributed by atoms with Crippen LogP contribution in [0.3, 0.4) is 0 Å². The number of hydrogen-bond acceptors (Lipinski definition) is 3. The highest BCUT2D eigenvalue weighted by Crippen LogP contribution is 2.20. The summed E-state index contributed by atoms with van der Waals surface area (Å²) >= 11 is 0. The Bertz CT molecular complexity index is 263. The Kier molecular flexibility index (Phi) is 6.79. The standard InChI is InChI=1S/C17H35N3/c1-4-19-12-8-9-17(14-19)16(3)18-15(2)13-20-10-6-5-7-11-20/h15-18H,4-14H2,1-3H3. The van der Waals surface area contributed by atoms with Gasteiger partial charge in [-0.25, -0.2) is 0 Å². The van der Waals surface area contributed by atoms with Gasteiger partial charge in [0.25, 0.3) is 0 Å². The van der Waals surface area contributed by atoms with Gasteiger partial charge in [-0.1, -0.05) is 13.3 Å². The van der Waals surface area contributed by atoms with Crippen LogP contribution >= 0.6 is 0 Å². The third kappa shape index (κ3) is 5.01. The van der Waals surface area contributed by atoms with Crippen LogP contribution in [-0.2, 0) is 0 Å². The summed E-state index contributed by atoms with van der Waals surface area (Å²) in [5.74, 6) is 0.840. The first-order chi connectivity index (χ1) is 9.69. The van der Waals surface area contributed by atoms with Crippen molar-refractivity contribution in [2.24, 2.45) is 5.92 Å². The Morgan fingerprint density at radius 3 is 2.40 bits per heavy atom. The molecule has 3 unspecified atom stereocenters. The van der Waals surface area contributed by atoms with Crippen molar-refractivity contribution in [3.05, 3.63) is 0 Å². The van der Waals surface area contributed by atoms with E-state index in [0.29, 0.717) is 12.1 Å². The monoisotopic (exact) mass is 281 g/mol. The Morgan fingerprint density at radius 1 is 1.00 bits per heavy atom. The van der Waals surface area contributed by atoms with Gasteiger partial charge in [0.1, 0.15) is 0 Å². The third-order valence-corrected chi connectivity index (χ3v) is 5.22. The fourth-order valence-electron chi connectivity index (χ4n) is 3.95. The Hall–Kier alpha value is -0.120. The zero-order chi connectivity index (χ0) is 14.4. The molecule has 0 spiro atoms. The van der Waals surface area contributed by atoms with Crippen LogP contribution < -0.4 is 5.32 Å². The lowest BCUT2D eigenvalue weighted by Gasteiger charge is -2.37. The van der Waals surface area contributed by atoms with Crippen molar-refractivity contribution in [2.75, 3.05) is 39.3 Å². The van der Waals surface area contributed by atoms with Crippen LogP contribution in [0.15, 0.2) is 0 Å². The van der Waals surface area contributed by atoms with Crippen molar-refractivity contribution in [2.45, 2.75) is 65.0 Å². The van der Waals surface area contributed by atoms with Gasteiger partial charge in [0.2, 0.25) is 0 Å². The van der Waals surface area contributed by atoms with Gasteiger partial charge in [-0.15, -0.1) is 0 Å². The van der Waals surface area contributed by atoms with Gasteiger partial charge in [-0.3, -0.25) is 0 Å². The van der Waals surface area contributed by atoms with E-state index < -0.39 is 0 Å². The summed E-state index contributed by atoms with van der Waals surface area (Å²) in [6.45, 7) is 14.7. The fourth-order valence-corrected chi connectivity index (χ4v) is 3.95. The summed E-state index contributed by atoms with van der Waals surface area (Å²) in [6.07, 6.45) is 7.02. The molecule has 1 N–H and O–H groups in total. The van der Waals surface area contributed by atoms with Gasteiger partial charge in [0, 0.05) is 25.2 Å². The topological polar surface area (TPSA) is 18.5 Å². The van der Waals surface area contributed by atoms with Crippen LogP contribution in [0, 0.1) is 5.92 Å². The van der Waals surface area contributed by atoms with Crippen LogP contribution in [0.4, 0.5) is 0 Å². The van der Waals surface area contributed by atoms with Crippen molar-refractivity contribution < 1.29 is 0 Å². The molecule has 118 valence electrons. The molecular formula is C17H35N3.